The molecule has 0 saturated carbocycles. The van der Waals surface area contributed by atoms with Crippen LogP contribution >= 0.6 is 0 Å². The maximum atomic E-state index is 13.9. The van der Waals surface area contributed by atoms with Crippen LogP contribution in [0.25, 0.3) is 10.4 Å². The van der Waals surface area contributed by atoms with Gasteiger partial charge >= 0.3 is 0 Å². The molecule has 5 atom stereocenters. The van der Waals surface area contributed by atoms with Crippen LogP contribution in [-0.4, -0.2) is 60.4 Å². The smallest absolute Gasteiger partial charge is 0.246 e. The molecule has 202 valence electrons. The van der Waals surface area contributed by atoms with Crippen LogP contribution in [0.1, 0.15) is 71.4 Å². The number of amides is 3. The summed E-state index contributed by atoms with van der Waals surface area (Å²) in [5.41, 5.74) is 10.3. The zero-order chi connectivity index (χ0) is 27.4. The van der Waals surface area contributed by atoms with Crippen molar-refractivity contribution in [2.75, 3.05) is 13.6 Å². The third kappa shape index (κ3) is 6.08. The van der Waals surface area contributed by atoms with Crippen LogP contribution in [0.5, 0.6) is 0 Å². The Morgan fingerprint density at radius 2 is 1.97 bits per heavy atom. The second kappa shape index (κ2) is 11.5. The lowest BCUT2D eigenvalue weighted by Crippen LogP contribution is -2.60. The molecular weight excluding hydrogens is 470 g/mol. The first-order valence-corrected chi connectivity index (χ1v) is 13.2. The minimum Gasteiger partial charge on any atom is -0.345 e. The second-order valence-electron chi connectivity index (χ2n) is 11.4. The number of carbonyl (C=O) groups excluding carboxylic acids is 3. The number of likely N-dealkylation sites (tertiary alicyclic amines) is 1. The zero-order valence-electron chi connectivity index (χ0n) is 22.9. The third-order valence-corrected chi connectivity index (χ3v) is 7.85. The van der Waals surface area contributed by atoms with Crippen molar-refractivity contribution >= 4 is 17.7 Å². The number of rotatable bonds is 8. The van der Waals surface area contributed by atoms with E-state index in [2.05, 4.69) is 45.0 Å². The number of azide groups is 1. The first-order chi connectivity index (χ1) is 17.5. The van der Waals surface area contributed by atoms with Gasteiger partial charge in [0, 0.05) is 11.5 Å². The van der Waals surface area contributed by atoms with Crippen LogP contribution in [-0.2, 0) is 26.3 Å². The summed E-state index contributed by atoms with van der Waals surface area (Å²) in [5.74, 6) is -0.911. The molecule has 37 heavy (non-hydrogen) atoms. The Kier molecular flexibility index (Phi) is 8.87. The fourth-order valence-electron chi connectivity index (χ4n) is 5.50. The Bertz CT molecular complexity index is 1060. The van der Waals surface area contributed by atoms with E-state index in [0.29, 0.717) is 0 Å². The maximum Gasteiger partial charge on any atom is 0.246 e. The molecule has 1 fully saturated rings. The van der Waals surface area contributed by atoms with E-state index in [-0.39, 0.29) is 30.7 Å². The van der Waals surface area contributed by atoms with E-state index in [1.807, 2.05) is 32.9 Å². The Morgan fingerprint density at radius 3 is 2.59 bits per heavy atom. The molecule has 1 heterocycles. The van der Waals surface area contributed by atoms with Crippen molar-refractivity contribution in [1.29, 1.82) is 0 Å². The van der Waals surface area contributed by atoms with Gasteiger partial charge in [-0.3, -0.25) is 14.4 Å². The number of fused-ring (bicyclic) bond motifs is 1. The Balaban J connectivity index is 1.92. The average molecular weight is 512 g/mol. The van der Waals surface area contributed by atoms with E-state index in [1.54, 1.807) is 14.0 Å². The lowest BCUT2D eigenvalue weighted by atomic mass is 9.74. The quantitative estimate of drug-likeness (QED) is 0.280. The van der Waals surface area contributed by atoms with Crippen molar-refractivity contribution in [2.45, 2.75) is 96.4 Å². The highest BCUT2D eigenvalue weighted by Crippen LogP contribution is 2.38. The van der Waals surface area contributed by atoms with E-state index in [1.165, 1.54) is 10.5 Å². The van der Waals surface area contributed by atoms with Crippen molar-refractivity contribution in [3.05, 3.63) is 45.8 Å². The van der Waals surface area contributed by atoms with Gasteiger partial charge in [0.2, 0.25) is 17.7 Å². The molecule has 0 aromatic heterocycles. The molecule has 3 rings (SSSR count). The SMILES string of the molecule is CC[C@]1(NC(=O)[C@@H]2C[C@H](N=[N+]=[N-])CN2C(=O)[C@@H](NC(=O)[C@H](C)NC)C(C)(C)C)CCCc2ccccc21. The number of nitrogens with zero attached hydrogens (tertiary/aromatic N) is 4. The standard InChI is InChI=1S/C27H41N7O3/c1-7-27(14-10-12-18-11-8-9-13-20(18)27)31-24(36)21-15-19(32-33-28)16-34(21)25(37)22(26(3,4)5)30-23(35)17(2)29-6/h8-9,11,13,17,19,21-22,29H,7,10,12,14-16H2,1-6H3,(H,30,35)(H,31,36)/t17-,19-,21-,22+,27-/m0/s1. The maximum absolute atomic E-state index is 13.9. The molecule has 1 aliphatic heterocycles. The van der Waals surface area contributed by atoms with Gasteiger partial charge in [0.25, 0.3) is 0 Å². The van der Waals surface area contributed by atoms with Crippen LogP contribution < -0.4 is 16.0 Å². The topological polar surface area (TPSA) is 139 Å². The van der Waals surface area contributed by atoms with E-state index >= 15 is 0 Å². The van der Waals surface area contributed by atoms with Crippen molar-refractivity contribution in [3.63, 3.8) is 0 Å². The molecule has 10 nitrogen and oxygen atoms in total. The summed E-state index contributed by atoms with van der Waals surface area (Å²) in [4.78, 5) is 44.9. The molecular formula is C27H41N7O3. The third-order valence-electron chi connectivity index (χ3n) is 7.85. The fourth-order valence-corrected chi connectivity index (χ4v) is 5.50. The van der Waals surface area contributed by atoms with Crippen molar-refractivity contribution in [2.24, 2.45) is 10.5 Å². The highest BCUT2D eigenvalue weighted by molar-refractivity contribution is 5.94. The molecule has 2 aliphatic rings. The first-order valence-electron chi connectivity index (χ1n) is 13.2. The van der Waals surface area contributed by atoms with Crippen LogP contribution in [0.3, 0.4) is 0 Å². The van der Waals surface area contributed by atoms with Gasteiger partial charge in [-0.15, -0.1) is 0 Å². The zero-order valence-corrected chi connectivity index (χ0v) is 22.9. The van der Waals surface area contributed by atoms with Gasteiger partial charge in [0.05, 0.1) is 17.6 Å². The van der Waals surface area contributed by atoms with Crippen LogP contribution in [0, 0.1) is 5.41 Å². The highest BCUT2D eigenvalue weighted by Gasteiger charge is 2.47. The summed E-state index contributed by atoms with van der Waals surface area (Å²) >= 11 is 0. The van der Waals surface area contributed by atoms with Gasteiger partial charge in [0.15, 0.2) is 0 Å². The largest absolute Gasteiger partial charge is 0.345 e. The molecule has 0 radical (unpaired) electrons. The van der Waals surface area contributed by atoms with E-state index in [9.17, 15) is 14.4 Å². The van der Waals surface area contributed by atoms with Gasteiger partial charge in [0.1, 0.15) is 12.1 Å². The Labute approximate surface area is 219 Å². The van der Waals surface area contributed by atoms with E-state index < -0.39 is 35.1 Å². The Morgan fingerprint density at radius 1 is 1.27 bits per heavy atom. The monoisotopic (exact) mass is 511 g/mol. The summed E-state index contributed by atoms with van der Waals surface area (Å²) in [7, 11) is 1.68. The van der Waals surface area contributed by atoms with E-state index in [4.69, 9.17) is 5.53 Å². The fraction of sp³-hybridized carbons (Fsp3) is 0.667. The molecule has 0 bridgehead atoms. The van der Waals surface area contributed by atoms with Crippen molar-refractivity contribution in [1.82, 2.24) is 20.9 Å². The number of benzene rings is 1. The van der Waals surface area contributed by atoms with Crippen LogP contribution in [0.2, 0.25) is 0 Å². The summed E-state index contributed by atoms with van der Waals surface area (Å²) < 4.78 is 0. The lowest BCUT2D eigenvalue weighted by molar-refractivity contribution is -0.144. The number of nitrogens with one attached hydrogen (secondary N) is 3. The molecule has 1 aliphatic carbocycles. The highest BCUT2D eigenvalue weighted by atomic mass is 16.2. The van der Waals surface area contributed by atoms with Gasteiger partial charge in [-0.1, -0.05) is 57.1 Å². The Hall–Kier alpha value is -3.10. The molecule has 0 spiro atoms. The van der Waals surface area contributed by atoms with E-state index in [0.717, 1.165) is 31.2 Å². The minimum atomic E-state index is -0.855. The summed E-state index contributed by atoms with van der Waals surface area (Å²) in [6.07, 6.45) is 3.70. The summed E-state index contributed by atoms with van der Waals surface area (Å²) in [6.45, 7) is 9.54. The van der Waals surface area contributed by atoms with Crippen LogP contribution in [0.4, 0.5) is 0 Å². The molecule has 3 amide bonds. The lowest BCUT2D eigenvalue weighted by Gasteiger charge is -2.41. The molecule has 10 heteroatoms. The normalized spacial score (nSPS) is 24.9. The summed E-state index contributed by atoms with van der Waals surface area (Å²) in [6, 6.07) is 5.53. The van der Waals surface area contributed by atoms with Gasteiger partial charge in [-0.25, -0.2) is 0 Å². The number of likely N-dealkylation sites (N-methyl/N-ethyl adjacent to an activating group) is 1. The molecule has 0 unspecified atom stereocenters. The number of hydrogen-bond acceptors (Lipinski definition) is 5. The predicted octanol–water partition coefficient (Wildman–Crippen LogP) is 3.16. The summed E-state index contributed by atoms with van der Waals surface area (Å²) in [5, 5.41) is 12.9. The molecule has 1 aromatic rings. The molecule has 3 N–H and O–H groups in total. The average Bonchev–Trinajstić information content (AvgIpc) is 3.30. The minimum absolute atomic E-state index is 0.126. The van der Waals surface area contributed by atoms with Crippen LogP contribution in [0.15, 0.2) is 29.4 Å². The molecule has 1 saturated heterocycles. The predicted molar refractivity (Wildman–Crippen MR) is 142 cm³/mol. The van der Waals surface area contributed by atoms with Gasteiger partial charge < -0.3 is 20.9 Å². The molecule has 1 aromatic carbocycles. The number of carbonyl (C=O) groups is 3. The van der Waals surface area contributed by atoms with Crippen molar-refractivity contribution in [3.8, 4) is 0 Å². The second-order valence-corrected chi connectivity index (χ2v) is 11.4. The van der Waals surface area contributed by atoms with Gasteiger partial charge in [-0.2, -0.15) is 0 Å². The number of hydrogen-bond donors (Lipinski definition) is 3. The van der Waals surface area contributed by atoms with Gasteiger partial charge in [-0.05, 0) is 68.1 Å². The van der Waals surface area contributed by atoms with Crippen molar-refractivity contribution < 1.29 is 14.4 Å². The first kappa shape index (κ1) is 28.5. The number of aryl methyl sites for hydroxylation is 1.